The topological polar surface area (TPSA) is 87.9 Å². The quantitative estimate of drug-likeness (QED) is 0.781. The largest absolute Gasteiger partial charge is 0.493 e. The lowest BCUT2D eigenvalue weighted by Gasteiger charge is -2.08. The Kier molecular flexibility index (Phi) is 3.88. The lowest BCUT2D eigenvalue weighted by Crippen LogP contribution is -2.13. The predicted molar refractivity (Wildman–Crippen MR) is 69.3 cm³/mol. The first-order chi connectivity index (χ1) is 9.60. The summed E-state index contributed by atoms with van der Waals surface area (Å²) in [6.07, 6.45) is 0. The molecular formula is C13H13NO6. The Morgan fingerprint density at radius 1 is 1.25 bits per heavy atom. The molecule has 0 aliphatic heterocycles. The van der Waals surface area contributed by atoms with Gasteiger partial charge in [0.25, 0.3) is 0 Å². The van der Waals surface area contributed by atoms with E-state index in [1.165, 1.54) is 26.4 Å². The van der Waals surface area contributed by atoms with Gasteiger partial charge in [0.2, 0.25) is 0 Å². The van der Waals surface area contributed by atoms with Crippen LogP contribution in [0.5, 0.6) is 11.5 Å². The molecule has 0 radical (unpaired) electrons. The molecule has 2 aromatic rings. The van der Waals surface area contributed by atoms with E-state index < -0.39 is 17.5 Å². The van der Waals surface area contributed by atoms with Gasteiger partial charge in [0.05, 0.1) is 31.7 Å². The van der Waals surface area contributed by atoms with E-state index in [9.17, 15) is 9.59 Å². The molecule has 0 spiro atoms. The third-order valence-corrected chi connectivity index (χ3v) is 2.58. The number of nitrogens with zero attached hydrogens (tertiary/aromatic N) is 1. The van der Waals surface area contributed by atoms with E-state index >= 15 is 0 Å². The zero-order chi connectivity index (χ0) is 14.7. The number of hydrogen-bond donors (Lipinski definition) is 0. The zero-order valence-corrected chi connectivity index (χ0v) is 11.3. The van der Waals surface area contributed by atoms with Crippen LogP contribution in [0.1, 0.15) is 17.6 Å². The number of benzene rings is 1. The standard InChI is InChI=1S/C13H13NO6/c1-4-19-13(16)11-14-8-6-10(18-3)9(17-2)5-7(8)12(15)20-11/h5-6H,4H2,1-3H3. The summed E-state index contributed by atoms with van der Waals surface area (Å²) in [5.41, 5.74) is -0.430. The third kappa shape index (κ3) is 2.42. The van der Waals surface area contributed by atoms with Crippen LogP contribution in [0.15, 0.2) is 21.3 Å². The summed E-state index contributed by atoms with van der Waals surface area (Å²) >= 11 is 0. The van der Waals surface area contributed by atoms with E-state index in [-0.39, 0.29) is 17.5 Å². The highest BCUT2D eigenvalue weighted by Crippen LogP contribution is 2.30. The predicted octanol–water partition coefficient (Wildman–Crippen LogP) is 1.38. The average molecular weight is 279 g/mol. The molecule has 0 fully saturated rings. The Morgan fingerprint density at radius 2 is 1.90 bits per heavy atom. The van der Waals surface area contributed by atoms with Gasteiger partial charge in [-0.25, -0.2) is 14.6 Å². The second-order valence-electron chi connectivity index (χ2n) is 3.75. The van der Waals surface area contributed by atoms with Crippen LogP contribution in [0.2, 0.25) is 0 Å². The van der Waals surface area contributed by atoms with Crippen LogP contribution in [0.3, 0.4) is 0 Å². The number of carbonyl (C=O) groups excluding carboxylic acids is 1. The molecule has 106 valence electrons. The normalized spacial score (nSPS) is 10.3. The summed E-state index contributed by atoms with van der Waals surface area (Å²) < 4.78 is 19.8. The highest BCUT2D eigenvalue weighted by Gasteiger charge is 2.17. The van der Waals surface area contributed by atoms with Gasteiger partial charge in [0.1, 0.15) is 0 Å². The summed E-state index contributed by atoms with van der Waals surface area (Å²) in [6, 6.07) is 2.94. The molecular weight excluding hydrogens is 266 g/mol. The molecule has 1 aromatic heterocycles. The minimum Gasteiger partial charge on any atom is -0.493 e. The fourth-order valence-electron chi connectivity index (χ4n) is 1.68. The molecule has 7 heteroatoms. The van der Waals surface area contributed by atoms with Crippen molar-refractivity contribution in [1.29, 1.82) is 0 Å². The fraction of sp³-hybridized carbons (Fsp3) is 0.308. The first kappa shape index (κ1) is 13.9. The Morgan fingerprint density at radius 3 is 2.50 bits per heavy atom. The molecule has 0 atom stereocenters. The van der Waals surface area contributed by atoms with Crippen molar-refractivity contribution in [1.82, 2.24) is 4.98 Å². The van der Waals surface area contributed by atoms with E-state index in [0.717, 1.165) is 0 Å². The maximum atomic E-state index is 11.9. The first-order valence-corrected chi connectivity index (χ1v) is 5.84. The lowest BCUT2D eigenvalue weighted by atomic mass is 10.2. The van der Waals surface area contributed by atoms with Gasteiger partial charge in [-0.15, -0.1) is 0 Å². The molecule has 0 bridgehead atoms. The minimum atomic E-state index is -0.790. The van der Waals surface area contributed by atoms with Crippen molar-refractivity contribution in [2.75, 3.05) is 20.8 Å². The van der Waals surface area contributed by atoms with Gasteiger partial charge in [-0.2, -0.15) is 0 Å². The second kappa shape index (κ2) is 5.60. The number of fused-ring (bicyclic) bond motifs is 1. The molecule has 2 rings (SSSR count). The molecule has 0 saturated heterocycles. The van der Waals surface area contributed by atoms with Crippen LogP contribution in [-0.2, 0) is 4.74 Å². The molecule has 1 heterocycles. The molecule has 0 unspecified atom stereocenters. The van der Waals surface area contributed by atoms with Gasteiger partial charge >= 0.3 is 17.5 Å². The van der Waals surface area contributed by atoms with E-state index in [1.54, 1.807) is 6.92 Å². The third-order valence-electron chi connectivity index (χ3n) is 2.58. The van der Waals surface area contributed by atoms with E-state index in [1.807, 2.05) is 0 Å². The highest BCUT2D eigenvalue weighted by atomic mass is 16.5. The van der Waals surface area contributed by atoms with Gasteiger partial charge in [-0.05, 0) is 6.92 Å². The fourth-order valence-corrected chi connectivity index (χ4v) is 1.68. The first-order valence-electron chi connectivity index (χ1n) is 5.84. The molecule has 0 amide bonds. The molecule has 1 aromatic carbocycles. The van der Waals surface area contributed by atoms with Crippen LogP contribution >= 0.6 is 0 Å². The van der Waals surface area contributed by atoms with E-state index in [0.29, 0.717) is 11.5 Å². The number of carbonyl (C=O) groups is 1. The van der Waals surface area contributed by atoms with Crippen LogP contribution in [-0.4, -0.2) is 31.8 Å². The maximum Gasteiger partial charge on any atom is 0.394 e. The molecule has 20 heavy (non-hydrogen) atoms. The average Bonchev–Trinajstić information content (AvgIpc) is 2.46. The monoisotopic (exact) mass is 279 g/mol. The summed E-state index contributed by atoms with van der Waals surface area (Å²) in [7, 11) is 2.91. The van der Waals surface area contributed by atoms with Gasteiger partial charge in [0, 0.05) is 12.1 Å². The molecule has 0 saturated carbocycles. The Hall–Kier alpha value is -2.57. The van der Waals surface area contributed by atoms with Crippen LogP contribution in [0.4, 0.5) is 0 Å². The zero-order valence-electron chi connectivity index (χ0n) is 11.3. The van der Waals surface area contributed by atoms with Crippen molar-refractivity contribution in [3.05, 3.63) is 28.4 Å². The van der Waals surface area contributed by atoms with Crippen molar-refractivity contribution in [2.45, 2.75) is 6.92 Å². The smallest absolute Gasteiger partial charge is 0.394 e. The van der Waals surface area contributed by atoms with Crippen LogP contribution in [0.25, 0.3) is 10.9 Å². The van der Waals surface area contributed by atoms with Crippen molar-refractivity contribution < 1.29 is 23.4 Å². The number of rotatable bonds is 4. The molecule has 0 N–H and O–H groups in total. The van der Waals surface area contributed by atoms with Crippen LogP contribution < -0.4 is 15.1 Å². The molecule has 0 aliphatic rings. The lowest BCUT2D eigenvalue weighted by molar-refractivity contribution is 0.0474. The van der Waals surface area contributed by atoms with Crippen molar-refractivity contribution >= 4 is 16.9 Å². The summed E-state index contributed by atoms with van der Waals surface area (Å²) in [5.74, 6) is -0.413. The summed E-state index contributed by atoms with van der Waals surface area (Å²) in [4.78, 5) is 27.4. The van der Waals surface area contributed by atoms with Crippen LogP contribution in [0, 0.1) is 0 Å². The molecule has 7 nitrogen and oxygen atoms in total. The number of aromatic nitrogens is 1. The number of esters is 1. The Labute approximate surface area is 114 Å². The SMILES string of the molecule is CCOC(=O)c1nc2cc(OC)c(OC)cc2c(=O)o1. The Bertz CT molecular complexity index is 706. The number of hydrogen-bond acceptors (Lipinski definition) is 7. The maximum absolute atomic E-state index is 11.9. The van der Waals surface area contributed by atoms with Crippen molar-refractivity contribution in [3.63, 3.8) is 0 Å². The number of ether oxygens (including phenoxy) is 3. The van der Waals surface area contributed by atoms with E-state index in [2.05, 4.69) is 4.98 Å². The van der Waals surface area contributed by atoms with Crippen molar-refractivity contribution in [2.24, 2.45) is 0 Å². The molecule has 0 aliphatic carbocycles. The van der Waals surface area contributed by atoms with Gasteiger partial charge in [0.15, 0.2) is 11.5 Å². The van der Waals surface area contributed by atoms with Gasteiger partial charge in [-0.1, -0.05) is 0 Å². The summed E-state index contributed by atoms with van der Waals surface area (Å²) in [5, 5.41) is 0.190. The Balaban J connectivity index is 2.65. The minimum absolute atomic E-state index is 0.161. The van der Waals surface area contributed by atoms with Gasteiger partial charge in [-0.3, -0.25) is 0 Å². The highest BCUT2D eigenvalue weighted by molar-refractivity contribution is 5.88. The summed E-state index contributed by atoms with van der Waals surface area (Å²) in [6.45, 7) is 1.80. The number of methoxy groups -OCH3 is 2. The second-order valence-corrected chi connectivity index (χ2v) is 3.75. The van der Waals surface area contributed by atoms with E-state index in [4.69, 9.17) is 18.6 Å². The van der Waals surface area contributed by atoms with Gasteiger partial charge < -0.3 is 18.6 Å². The van der Waals surface area contributed by atoms with Crippen molar-refractivity contribution in [3.8, 4) is 11.5 Å².